The molecule has 3 aromatic rings. The molecule has 1 N–H and O–H groups in total. The molecule has 1 fully saturated rings. The van der Waals surface area contributed by atoms with Gasteiger partial charge in [0.1, 0.15) is 5.75 Å². The van der Waals surface area contributed by atoms with Crippen molar-refractivity contribution in [1.82, 2.24) is 4.31 Å². The minimum absolute atomic E-state index is 0.267. The second-order valence-corrected chi connectivity index (χ2v) is 10.6. The Morgan fingerprint density at radius 3 is 2.26 bits per heavy atom. The zero-order chi connectivity index (χ0) is 25.0. The molecule has 3 aromatic carbocycles. The number of rotatable bonds is 7. The van der Waals surface area contributed by atoms with Crippen LogP contribution in [0.15, 0.2) is 71.6 Å². The molecule has 0 bridgehead atoms. The Kier molecular flexibility index (Phi) is 7.64. The van der Waals surface area contributed by atoms with Crippen LogP contribution in [0.1, 0.15) is 22.8 Å². The normalized spacial score (nSPS) is 14.5. The molecule has 0 saturated carbocycles. The SMILES string of the molecule is CCOc1ccc(C(=O)Nc2cccc(Cl)c2N2CCN(S(=O)(=O)c3ccc(C)cc3)CC2)cc1. The van der Waals surface area contributed by atoms with Crippen LogP contribution < -0.4 is 15.0 Å². The van der Waals surface area contributed by atoms with Crippen LogP contribution in [0, 0.1) is 6.92 Å². The maximum Gasteiger partial charge on any atom is 0.255 e. The van der Waals surface area contributed by atoms with Crippen molar-refractivity contribution in [2.75, 3.05) is 43.0 Å². The number of benzene rings is 3. The van der Waals surface area contributed by atoms with Crippen molar-refractivity contribution in [2.24, 2.45) is 0 Å². The summed E-state index contributed by atoms with van der Waals surface area (Å²) in [5, 5.41) is 3.44. The van der Waals surface area contributed by atoms with E-state index in [9.17, 15) is 13.2 Å². The summed E-state index contributed by atoms with van der Waals surface area (Å²) in [6.07, 6.45) is 0. The van der Waals surface area contributed by atoms with E-state index in [2.05, 4.69) is 5.32 Å². The molecule has 0 unspecified atom stereocenters. The smallest absolute Gasteiger partial charge is 0.255 e. The van der Waals surface area contributed by atoms with E-state index in [0.29, 0.717) is 60.5 Å². The van der Waals surface area contributed by atoms with Crippen molar-refractivity contribution in [3.05, 3.63) is 82.9 Å². The van der Waals surface area contributed by atoms with Crippen LogP contribution in [-0.2, 0) is 10.0 Å². The minimum atomic E-state index is -3.57. The Labute approximate surface area is 211 Å². The largest absolute Gasteiger partial charge is 0.494 e. The van der Waals surface area contributed by atoms with Gasteiger partial charge in [0.2, 0.25) is 10.0 Å². The van der Waals surface area contributed by atoms with Crippen molar-refractivity contribution in [3.63, 3.8) is 0 Å². The molecule has 35 heavy (non-hydrogen) atoms. The molecular formula is C26H28ClN3O4S. The minimum Gasteiger partial charge on any atom is -0.494 e. The summed E-state index contributed by atoms with van der Waals surface area (Å²) in [6, 6.07) is 19.1. The molecule has 1 aliphatic heterocycles. The predicted octanol–water partition coefficient (Wildman–Crippen LogP) is 4.81. The fourth-order valence-electron chi connectivity index (χ4n) is 4.01. The van der Waals surface area contributed by atoms with Crippen molar-refractivity contribution in [2.45, 2.75) is 18.7 Å². The second kappa shape index (κ2) is 10.7. The molecule has 4 rings (SSSR count). The van der Waals surface area contributed by atoms with E-state index >= 15 is 0 Å². The molecule has 0 spiro atoms. The van der Waals surface area contributed by atoms with Gasteiger partial charge in [0.15, 0.2) is 0 Å². The van der Waals surface area contributed by atoms with E-state index < -0.39 is 10.0 Å². The highest BCUT2D eigenvalue weighted by atomic mass is 35.5. The van der Waals surface area contributed by atoms with E-state index in [1.165, 1.54) is 4.31 Å². The predicted molar refractivity (Wildman–Crippen MR) is 139 cm³/mol. The van der Waals surface area contributed by atoms with Crippen LogP contribution in [0.5, 0.6) is 5.75 Å². The lowest BCUT2D eigenvalue weighted by Crippen LogP contribution is -2.49. The van der Waals surface area contributed by atoms with Gasteiger partial charge in [-0.15, -0.1) is 0 Å². The van der Waals surface area contributed by atoms with Crippen molar-refractivity contribution >= 4 is 38.9 Å². The van der Waals surface area contributed by atoms with Crippen LogP contribution in [0.2, 0.25) is 5.02 Å². The maximum atomic E-state index is 13.1. The molecular weight excluding hydrogens is 486 g/mol. The number of nitrogens with one attached hydrogen (secondary N) is 1. The van der Waals surface area contributed by atoms with E-state index in [1.807, 2.05) is 18.7 Å². The summed E-state index contributed by atoms with van der Waals surface area (Å²) in [4.78, 5) is 15.2. The summed E-state index contributed by atoms with van der Waals surface area (Å²) in [5.74, 6) is 0.433. The van der Waals surface area contributed by atoms with Crippen LogP contribution in [0.3, 0.4) is 0 Å². The van der Waals surface area contributed by atoms with Crippen LogP contribution in [-0.4, -0.2) is 51.4 Å². The number of hydrogen-bond acceptors (Lipinski definition) is 5. The van der Waals surface area contributed by atoms with Gasteiger partial charge in [0, 0.05) is 31.7 Å². The Bertz CT molecular complexity index is 1290. The van der Waals surface area contributed by atoms with Crippen molar-refractivity contribution in [3.8, 4) is 5.75 Å². The average molecular weight is 514 g/mol. The lowest BCUT2D eigenvalue weighted by atomic mass is 10.1. The van der Waals surface area contributed by atoms with Crippen molar-refractivity contribution in [1.29, 1.82) is 0 Å². The third-order valence-electron chi connectivity index (χ3n) is 5.88. The van der Waals surface area contributed by atoms with Gasteiger partial charge in [-0.2, -0.15) is 4.31 Å². The van der Waals surface area contributed by atoms with E-state index in [0.717, 1.165) is 5.56 Å². The summed E-state index contributed by atoms with van der Waals surface area (Å²) >= 11 is 6.54. The lowest BCUT2D eigenvalue weighted by molar-refractivity contribution is 0.102. The van der Waals surface area contributed by atoms with Crippen LogP contribution in [0.4, 0.5) is 11.4 Å². The number of sulfonamides is 1. The second-order valence-electron chi connectivity index (χ2n) is 8.25. The summed E-state index contributed by atoms with van der Waals surface area (Å²) < 4.78 is 33.0. The fraction of sp³-hybridized carbons (Fsp3) is 0.269. The Morgan fingerprint density at radius 1 is 0.971 bits per heavy atom. The molecule has 0 aromatic heterocycles. The molecule has 1 heterocycles. The summed E-state index contributed by atoms with van der Waals surface area (Å²) in [7, 11) is -3.57. The molecule has 1 aliphatic rings. The first kappa shape index (κ1) is 25.0. The van der Waals surface area contributed by atoms with Gasteiger partial charge in [-0.25, -0.2) is 8.42 Å². The lowest BCUT2D eigenvalue weighted by Gasteiger charge is -2.36. The Morgan fingerprint density at radius 2 is 1.63 bits per heavy atom. The van der Waals surface area contributed by atoms with E-state index in [1.54, 1.807) is 66.7 Å². The molecule has 1 amide bonds. The van der Waals surface area contributed by atoms with Crippen LogP contribution in [0.25, 0.3) is 0 Å². The van der Waals surface area contributed by atoms with Gasteiger partial charge in [-0.05, 0) is 62.4 Å². The first-order valence-corrected chi connectivity index (χ1v) is 13.3. The highest BCUT2D eigenvalue weighted by molar-refractivity contribution is 7.89. The standard InChI is InChI=1S/C26H28ClN3O4S/c1-3-34-21-11-9-20(10-12-21)26(31)28-24-6-4-5-23(27)25(24)29-15-17-30(18-16-29)35(32,33)22-13-7-19(2)8-14-22/h4-14H,3,15-18H2,1-2H3,(H,28,31). The topological polar surface area (TPSA) is 79.0 Å². The number of nitrogens with zero attached hydrogens (tertiary/aromatic N) is 2. The number of piperazine rings is 1. The third-order valence-corrected chi connectivity index (χ3v) is 8.09. The molecule has 7 nitrogen and oxygen atoms in total. The number of para-hydroxylation sites is 1. The van der Waals surface area contributed by atoms with Gasteiger partial charge in [-0.1, -0.05) is 35.4 Å². The highest BCUT2D eigenvalue weighted by Crippen LogP contribution is 2.35. The monoisotopic (exact) mass is 513 g/mol. The van der Waals surface area contributed by atoms with Crippen molar-refractivity contribution < 1.29 is 17.9 Å². The molecule has 0 atom stereocenters. The molecule has 9 heteroatoms. The Balaban J connectivity index is 1.48. The molecule has 0 aliphatic carbocycles. The zero-order valence-electron chi connectivity index (χ0n) is 19.7. The molecule has 1 saturated heterocycles. The van der Waals surface area contributed by atoms with Crippen LogP contribution >= 0.6 is 11.6 Å². The number of amides is 1. The highest BCUT2D eigenvalue weighted by Gasteiger charge is 2.30. The molecule has 184 valence electrons. The van der Waals surface area contributed by atoms with E-state index in [4.69, 9.17) is 16.3 Å². The summed E-state index contributed by atoms with van der Waals surface area (Å²) in [5.41, 5.74) is 2.76. The number of carbonyl (C=O) groups is 1. The number of halogens is 1. The zero-order valence-corrected chi connectivity index (χ0v) is 21.3. The van der Waals surface area contributed by atoms with Gasteiger partial charge in [0.05, 0.1) is 27.9 Å². The van der Waals surface area contributed by atoms with Gasteiger partial charge < -0.3 is 15.0 Å². The van der Waals surface area contributed by atoms with Gasteiger partial charge in [0.25, 0.3) is 5.91 Å². The number of anilines is 2. The first-order chi connectivity index (χ1) is 16.8. The Hall–Kier alpha value is -3.07. The van der Waals surface area contributed by atoms with Gasteiger partial charge >= 0.3 is 0 Å². The number of aryl methyl sites for hydroxylation is 1. The summed E-state index contributed by atoms with van der Waals surface area (Å²) in [6.45, 7) is 5.89. The number of hydrogen-bond donors (Lipinski definition) is 1. The van der Waals surface area contributed by atoms with Gasteiger partial charge in [-0.3, -0.25) is 4.79 Å². The fourth-order valence-corrected chi connectivity index (χ4v) is 5.73. The number of ether oxygens (including phenoxy) is 1. The average Bonchev–Trinajstić information content (AvgIpc) is 2.85. The quantitative estimate of drug-likeness (QED) is 0.490. The first-order valence-electron chi connectivity index (χ1n) is 11.4. The maximum absolute atomic E-state index is 13.1. The third kappa shape index (κ3) is 5.61. The number of carbonyl (C=O) groups excluding carboxylic acids is 1. The van der Waals surface area contributed by atoms with E-state index in [-0.39, 0.29) is 10.8 Å². The molecule has 0 radical (unpaired) electrons.